The average molecular weight is 498 g/mol. The number of hydrogen-bond acceptors (Lipinski definition) is 7. The molecule has 2 amide bonds. The lowest BCUT2D eigenvalue weighted by Crippen LogP contribution is -2.38. The Balaban J connectivity index is 1.41. The van der Waals surface area contributed by atoms with E-state index in [0.29, 0.717) is 55.2 Å². The molecule has 2 aliphatic heterocycles. The monoisotopic (exact) mass is 497 g/mol. The van der Waals surface area contributed by atoms with E-state index in [1.54, 1.807) is 12.3 Å². The van der Waals surface area contributed by atoms with E-state index in [1.165, 1.54) is 13.0 Å². The quantitative estimate of drug-likeness (QED) is 0.434. The van der Waals surface area contributed by atoms with Crippen LogP contribution in [-0.4, -0.2) is 44.3 Å². The van der Waals surface area contributed by atoms with Crippen LogP contribution in [0.5, 0.6) is 0 Å². The Kier molecular flexibility index (Phi) is 8.40. The summed E-state index contributed by atoms with van der Waals surface area (Å²) in [5, 5.41) is 8.60. The van der Waals surface area contributed by atoms with Crippen LogP contribution >= 0.6 is 0 Å². The van der Waals surface area contributed by atoms with Gasteiger partial charge < -0.3 is 40.9 Å². The summed E-state index contributed by atoms with van der Waals surface area (Å²) in [5.41, 5.74) is 8.98. The van der Waals surface area contributed by atoms with E-state index in [1.807, 2.05) is 24.3 Å². The number of carbonyl (C=O) groups excluding carboxylic acids is 2. The van der Waals surface area contributed by atoms with E-state index in [-0.39, 0.29) is 18.0 Å². The Morgan fingerprint density at radius 2 is 2.03 bits per heavy atom. The number of ether oxygens (including phenoxy) is 2. The van der Waals surface area contributed by atoms with Crippen molar-refractivity contribution in [2.24, 2.45) is 5.73 Å². The molecule has 1 unspecified atom stereocenters. The standard InChI is InChI=1S/C26H32FN5O4/c1-17(33)5-7-21-23(9-10-29-25(21)28)36-24-16-19(6-8-22(24)27)31-26(34)30-18-3-2-4-20(15-18)32-11-13-35-14-12-32/h2-4,9-10,15-16,25,29H,5-8,11-14,28H2,1H3,(H2,30,31,34). The number of nitrogens with zero attached hydrogens (tertiary/aromatic N) is 1. The summed E-state index contributed by atoms with van der Waals surface area (Å²) in [7, 11) is 0. The van der Waals surface area contributed by atoms with Gasteiger partial charge in [0.2, 0.25) is 0 Å². The molecule has 36 heavy (non-hydrogen) atoms. The van der Waals surface area contributed by atoms with Crippen LogP contribution in [0.2, 0.25) is 0 Å². The van der Waals surface area contributed by atoms with Gasteiger partial charge in [0.25, 0.3) is 0 Å². The van der Waals surface area contributed by atoms with E-state index in [4.69, 9.17) is 15.2 Å². The lowest BCUT2D eigenvalue weighted by Gasteiger charge is -2.29. The summed E-state index contributed by atoms with van der Waals surface area (Å²) in [6.45, 7) is 4.45. The minimum Gasteiger partial charge on any atom is -0.454 e. The summed E-state index contributed by atoms with van der Waals surface area (Å²) in [6, 6.07) is 7.19. The van der Waals surface area contributed by atoms with E-state index < -0.39 is 18.0 Å². The molecule has 4 rings (SSSR count). The van der Waals surface area contributed by atoms with Crippen LogP contribution < -0.4 is 26.6 Å². The maximum absolute atomic E-state index is 14.6. The number of amides is 2. The zero-order chi connectivity index (χ0) is 25.5. The topological polar surface area (TPSA) is 118 Å². The molecule has 0 saturated carbocycles. The third-order valence-electron chi connectivity index (χ3n) is 6.11. The fraction of sp³-hybridized carbons (Fsp3) is 0.385. The zero-order valence-corrected chi connectivity index (χ0v) is 20.3. The third kappa shape index (κ3) is 6.73. The molecule has 9 nitrogen and oxygen atoms in total. The molecular formula is C26H32FN5O4. The third-order valence-corrected chi connectivity index (χ3v) is 6.11. The number of dihydropyridines is 1. The maximum atomic E-state index is 14.6. The summed E-state index contributed by atoms with van der Waals surface area (Å²) in [6.07, 6.45) is 5.37. The van der Waals surface area contributed by atoms with Gasteiger partial charge in [0, 0.05) is 60.9 Å². The van der Waals surface area contributed by atoms with Crippen LogP contribution in [0.1, 0.15) is 32.6 Å². The molecule has 2 heterocycles. The number of hydrogen-bond donors (Lipinski definition) is 4. The second-order valence-electron chi connectivity index (χ2n) is 8.84. The number of urea groups is 1. The maximum Gasteiger partial charge on any atom is 0.323 e. The van der Waals surface area contributed by atoms with Gasteiger partial charge in [-0.1, -0.05) is 6.07 Å². The molecule has 192 valence electrons. The van der Waals surface area contributed by atoms with Gasteiger partial charge in [0.05, 0.1) is 13.2 Å². The summed E-state index contributed by atoms with van der Waals surface area (Å²) in [5.74, 6) is 0.0205. The first-order chi connectivity index (χ1) is 17.4. The van der Waals surface area contributed by atoms with Gasteiger partial charge in [-0.25, -0.2) is 9.18 Å². The van der Waals surface area contributed by atoms with Gasteiger partial charge in [-0.2, -0.15) is 0 Å². The van der Waals surface area contributed by atoms with Crippen LogP contribution in [0, 0.1) is 0 Å². The van der Waals surface area contributed by atoms with Crippen molar-refractivity contribution in [2.45, 2.75) is 38.8 Å². The second kappa shape index (κ2) is 11.9. The number of nitrogens with one attached hydrogen (secondary N) is 3. The fourth-order valence-corrected chi connectivity index (χ4v) is 4.17. The van der Waals surface area contributed by atoms with Gasteiger partial charge >= 0.3 is 6.03 Å². The van der Waals surface area contributed by atoms with Crippen molar-refractivity contribution in [3.8, 4) is 0 Å². The van der Waals surface area contributed by atoms with Crippen molar-refractivity contribution in [1.29, 1.82) is 0 Å². The van der Waals surface area contributed by atoms with E-state index >= 15 is 0 Å². The number of rotatable bonds is 8. The summed E-state index contributed by atoms with van der Waals surface area (Å²) in [4.78, 5) is 26.3. The lowest BCUT2D eigenvalue weighted by atomic mass is 10.0. The van der Waals surface area contributed by atoms with E-state index in [0.717, 1.165) is 18.8 Å². The summed E-state index contributed by atoms with van der Waals surface area (Å²) >= 11 is 0. The van der Waals surface area contributed by atoms with E-state index in [9.17, 15) is 14.0 Å². The first kappa shape index (κ1) is 25.5. The van der Waals surface area contributed by atoms with Crippen LogP contribution in [0.15, 0.2) is 71.2 Å². The highest BCUT2D eigenvalue weighted by Gasteiger charge is 2.22. The molecule has 0 aromatic heterocycles. The minimum atomic E-state index is -0.530. The zero-order valence-electron chi connectivity index (χ0n) is 20.3. The number of Topliss-reactive ketones (excluding diaryl/α,β-unsaturated/α-hetero) is 1. The molecule has 1 aliphatic carbocycles. The highest BCUT2D eigenvalue weighted by atomic mass is 19.1. The summed E-state index contributed by atoms with van der Waals surface area (Å²) < 4.78 is 25.9. The Bertz CT molecular complexity index is 1120. The molecule has 3 aliphatic rings. The number of allylic oxidation sites excluding steroid dienone is 4. The Hall–Kier alpha value is -3.63. The number of carbonyl (C=O) groups is 2. The van der Waals surface area contributed by atoms with Crippen LogP contribution in [-0.2, 0) is 14.3 Å². The Morgan fingerprint density at radius 1 is 1.22 bits per heavy atom. The smallest absolute Gasteiger partial charge is 0.323 e. The van der Waals surface area contributed by atoms with Gasteiger partial charge in [-0.3, -0.25) is 0 Å². The number of halogens is 1. The number of anilines is 2. The van der Waals surface area contributed by atoms with Gasteiger partial charge in [-0.15, -0.1) is 0 Å². The van der Waals surface area contributed by atoms with Gasteiger partial charge in [-0.05, 0) is 44.0 Å². The van der Waals surface area contributed by atoms with Gasteiger partial charge in [0.15, 0.2) is 5.76 Å². The Morgan fingerprint density at radius 3 is 2.81 bits per heavy atom. The van der Waals surface area contributed by atoms with Crippen LogP contribution in [0.25, 0.3) is 0 Å². The van der Waals surface area contributed by atoms with Gasteiger partial charge in [0.1, 0.15) is 23.5 Å². The Labute approximate surface area is 209 Å². The predicted molar refractivity (Wildman–Crippen MR) is 135 cm³/mol. The van der Waals surface area contributed by atoms with Crippen molar-refractivity contribution in [1.82, 2.24) is 10.6 Å². The van der Waals surface area contributed by atoms with Crippen molar-refractivity contribution in [3.05, 3.63) is 71.2 Å². The molecule has 1 atom stereocenters. The lowest BCUT2D eigenvalue weighted by molar-refractivity contribution is -0.117. The number of ketones is 1. The second-order valence-corrected chi connectivity index (χ2v) is 8.84. The fourth-order valence-electron chi connectivity index (χ4n) is 4.17. The highest BCUT2D eigenvalue weighted by molar-refractivity contribution is 5.91. The molecule has 0 bridgehead atoms. The first-order valence-corrected chi connectivity index (χ1v) is 12.1. The number of morpholine rings is 1. The minimum absolute atomic E-state index is 0.0138. The van der Waals surface area contributed by atoms with Crippen molar-refractivity contribution in [3.63, 3.8) is 0 Å². The predicted octanol–water partition coefficient (Wildman–Crippen LogP) is 3.55. The largest absolute Gasteiger partial charge is 0.454 e. The molecule has 0 radical (unpaired) electrons. The molecule has 1 saturated heterocycles. The average Bonchev–Trinajstić information content (AvgIpc) is 2.86. The highest BCUT2D eigenvalue weighted by Crippen LogP contribution is 2.29. The molecule has 10 heteroatoms. The molecule has 1 aromatic rings. The SMILES string of the molecule is CC(=O)CCC1=C(OC2=C(F)CCC(NC(=O)Nc3cccc(N4CCOCC4)c3)=C2)C=CNC1N. The van der Waals surface area contributed by atoms with Crippen molar-refractivity contribution in [2.75, 3.05) is 36.5 Å². The van der Waals surface area contributed by atoms with Crippen LogP contribution in [0.3, 0.4) is 0 Å². The van der Waals surface area contributed by atoms with E-state index in [2.05, 4.69) is 20.9 Å². The molecule has 1 fully saturated rings. The molecular weight excluding hydrogens is 465 g/mol. The number of benzene rings is 1. The van der Waals surface area contributed by atoms with Crippen molar-refractivity contribution >= 4 is 23.2 Å². The first-order valence-electron chi connectivity index (χ1n) is 12.1. The molecule has 0 spiro atoms. The molecule has 1 aromatic carbocycles. The van der Waals surface area contributed by atoms with Crippen LogP contribution in [0.4, 0.5) is 20.6 Å². The number of nitrogens with two attached hydrogens (primary N) is 1. The van der Waals surface area contributed by atoms with Crippen molar-refractivity contribution < 1.29 is 23.5 Å². The molecule has 5 N–H and O–H groups in total. The normalized spacial score (nSPS) is 20.0.